The molecule has 37 heavy (non-hydrogen) atoms. The monoisotopic (exact) mass is 545 g/mol. The molecule has 0 aromatic heterocycles. The molecule has 0 aliphatic carbocycles. The summed E-state index contributed by atoms with van der Waals surface area (Å²) in [5.41, 5.74) is -1.48. The summed E-state index contributed by atoms with van der Waals surface area (Å²) in [6, 6.07) is 0. The van der Waals surface area contributed by atoms with Crippen molar-refractivity contribution in [1.82, 2.24) is 0 Å². The van der Waals surface area contributed by atoms with Crippen LogP contribution >= 0.6 is 6.60 Å². The summed E-state index contributed by atoms with van der Waals surface area (Å²) >= 11 is 0. The van der Waals surface area contributed by atoms with Crippen molar-refractivity contribution in [3.63, 3.8) is 0 Å². The van der Waals surface area contributed by atoms with Gasteiger partial charge in [0.05, 0.1) is 0 Å². The Morgan fingerprint density at radius 2 is 0.541 bits per heavy atom. The van der Waals surface area contributed by atoms with E-state index in [1.165, 1.54) is 154 Å². The van der Waals surface area contributed by atoms with Gasteiger partial charge in [-0.15, -0.1) is 0 Å². The van der Waals surface area contributed by atoms with Crippen LogP contribution in [0.4, 0.5) is 0 Å². The molecule has 0 saturated heterocycles. The second-order valence-electron chi connectivity index (χ2n) is 12.9. The van der Waals surface area contributed by atoms with Gasteiger partial charge in [0.25, 0.3) is 0 Å². The average Bonchev–Trinajstić information content (AvgIpc) is 2.87. The van der Waals surface area contributed by atoms with Gasteiger partial charge in [0, 0.05) is 0 Å². The van der Waals surface area contributed by atoms with E-state index in [4.69, 9.17) is 0 Å². The fourth-order valence-electron chi connectivity index (χ4n) is 6.74. The third kappa shape index (κ3) is 15.7. The SMILES string of the molecule is CCCCCCCCCCCCCCP(CCCCCC)(CCCCCC)(CCCCCC)C(C)(O)O. The van der Waals surface area contributed by atoms with Crippen molar-refractivity contribution >= 4 is 6.60 Å². The maximum atomic E-state index is 11.6. The fraction of sp³-hybridized carbons (Fsp3) is 1.00. The number of rotatable bonds is 29. The molecule has 0 aliphatic rings. The first kappa shape index (κ1) is 37.4. The van der Waals surface area contributed by atoms with Crippen LogP contribution in [0.5, 0.6) is 0 Å². The molecule has 0 unspecified atom stereocenters. The molecule has 226 valence electrons. The molecule has 0 spiro atoms. The van der Waals surface area contributed by atoms with E-state index < -0.39 is 12.1 Å². The quantitative estimate of drug-likeness (QED) is 0.0558. The number of hydrogen-bond acceptors (Lipinski definition) is 2. The standard InChI is InChI=1S/C34H73O2P/c1-6-10-14-18-19-20-21-22-23-24-25-29-33-37(34(5,35)36,30-26-15-11-7-2,31-27-16-12-8-3)32-28-17-13-9-4/h35-36H,6-33H2,1-5H3. The van der Waals surface area contributed by atoms with E-state index in [-0.39, 0.29) is 0 Å². The molecule has 3 heteroatoms. The van der Waals surface area contributed by atoms with Crippen LogP contribution in [0, 0.1) is 0 Å². The van der Waals surface area contributed by atoms with Crippen LogP contribution in [-0.2, 0) is 0 Å². The molecular formula is C34H73O2P. The van der Waals surface area contributed by atoms with Gasteiger partial charge in [-0.25, -0.2) is 0 Å². The second kappa shape index (κ2) is 23.1. The molecular weight excluding hydrogens is 471 g/mol. The molecule has 2 N–H and O–H groups in total. The van der Waals surface area contributed by atoms with Crippen LogP contribution in [0.15, 0.2) is 0 Å². The molecule has 0 radical (unpaired) electrons. The zero-order valence-electron chi connectivity index (χ0n) is 26.6. The Morgan fingerprint density at radius 1 is 0.351 bits per heavy atom. The van der Waals surface area contributed by atoms with Crippen LogP contribution < -0.4 is 0 Å². The molecule has 2 nitrogen and oxygen atoms in total. The number of unbranched alkanes of at least 4 members (excludes halogenated alkanes) is 20. The summed E-state index contributed by atoms with van der Waals surface area (Å²) in [6.07, 6.45) is 35.8. The second-order valence-corrected chi connectivity index (χ2v) is 19.5. The summed E-state index contributed by atoms with van der Waals surface area (Å²) in [4.78, 5) is 0. The third-order valence-electron chi connectivity index (χ3n) is 9.59. The van der Waals surface area contributed by atoms with Crippen molar-refractivity contribution in [2.24, 2.45) is 0 Å². The van der Waals surface area contributed by atoms with Crippen molar-refractivity contribution in [2.75, 3.05) is 24.6 Å². The van der Waals surface area contributed by atoms with Crippen molar-refractivity contribution < 1.29 is 10.2 Å². The van der Waals surface area contributed by atoms with Crippen molar-refractivity contribution in [1.29, 1.82) is 0 Å². The average molecular weight is 545 g/mol. The van der Waals surface area contributed by atoms with E-state index in [0.717, 1.165) is 24.6 Å². The minimum atomic E-state index is -2.69. The van der Waals surface area contributed by atoms with Gasteiger partial charge in [-0.05, 0) is 0 Å². The molecule has 0 aromatic carbocycles. The van der Waals surface area contributed by atoms with Crippen LogP contribution in [0.25, 0.3) is 0 Å². The van der Waals surface area contributed by atoms with Crippen molar-refractivity contribution in [3.8, 4) is 0 Å². The predicted molar refractivity (Wildman–Crippen MR) is 173 cm³/mol. The Balaban J connectivity index is 5.15. The van der Waals surface area contributed by atoms with Gasteiger partial charge in [-0.2, -0.15) is 0 Å². The van der Waals surface area contributed by atoms with E-state index in [2.05, 4.69) is 27.7 Å². The van der Waals surface area contributed by atoms with E-state index >= 15 is 0 Å². The summed E-state index contributed by atoms with van der Waals surface area (Å²) < 4.78 is 0. The molecule has 0 fully saturated rings. The van der Waals surface area contributed by atoms with E-state index in [1.807, 2.05) is 6.92 Å². The Kier molecular flexibility index (Phi) is 23.3. The van der Waals surface area contributed by atoms with Crippen LogP contribution in [-0.4, -0.2) is 40.4 Å². The van der Waals surface area contributed by atoms with E-state index in [1.54, 1.807) is 0 Å². The van der Waals surface area contributed by atoms with Gasteiger partial charge in [0.15, 0.2) is 0 Å². The molecule has 0 amide bonds. The summed E-state index contributed by atoms with van der Waals surface area (Å²) in [6.45, 7) is 8.26. The summed E-state index contributed by atoms with van der Waals surface area (Å²) in [7, 11) is 0. The van der Waals surface area contributed by atoms with Gasteiger partial charge in [-0.3, -0.25) is 0 Å². The number of aliphatic hydroxyl groups is 2. The molecule has 0 saturated carbocycles. The van der Waals surface area contributed by atoms with Gasteiger partial charge < -0.3 is 0 Å². The first-order chi connectivity index (χ1) is 17.8. The van der Waals surface area contributed by atoms with Crippen LogP contribution in [0.1, 0.15) is 189 Å². The first-order valence-corrected chi connectivity index (χ1v) is 20.2. The van der Waals surface area contributed by atoms with Crippen LogP contribution in [0.3, 0.4) is 0 Å². The molecule has 0 atom stereocenters. The van der Waals surface area contributed by atoms with Gasteiger partial charge in [-0.1, -0.05) is 13.3 Å². The normalized spacial score (nSPS) is 13.6. The summed E-state index contributed by atoms with van der Waals surface area (Å²) in [5.74, 6) is 0. The Bertz CT molecular complexity index is 451. The Hall–Kier alpha value is 0.350. The fourth-order valence-corrected chi connectivity index (χ4v) is 14.0. The Morgan fingerprint density at radius 3 is 0.757 bits per heavy atom. The molecule has 0 heterocycles. The molecule has 0 aromatic rings. The van der Waals surface area contributed by atoms with Gasteiger partial charge in [0.2, 0.25) is 0 Å². The zero-order valence-corrected chi connectivity index (χ0v) is 27.5. The first-order valence-electron chi connectivity index (χ1n) is 17.3. The van der Waals surface area contributed by atoms with E-state index in [9.17, 15) is 10.2 Å². The molecule has 0 rings (SSSR count). The van der Waals surface area contributed by atoms with Gasteiger partial charge in [0.1, 0.15) is 0 Å². The van der Waals surface area contributed by atoms with Crippen LogP contribution in [0.2, 0.25) is 0 Å². The third-order valence-corrected chi connectivity index (χ3v) is 17.9. The Labute approximate surface area is 235 Å². The van der Waals surface area contributed by atoms with Crippen molar-refractivity contribution in [3.05, 3.63) is 0 Å². The van der Waals surface area contributed by atoms with Gasteiger partial charge >= 0.3 is 222 Å². The predicted octanol–water partition coefficient (Wildman–Crippen LogP) is 11.6. The van der Waals surface area contributed by atoms with E-state index in [0.29, 0.717) is 0 Å². The number of hydrogen-bond donors (Lipinski definition) is 2. The zero-order chi connectivity index (χ0) is 27.7. The maximum absolute atomic E-state index is 11.6. The molecule has 0 aliphatic heterocycles. The minimum absolute atomic E-state index is 1.12. The topological polar surface area (TPSA) is 40.5 Å². The summed E-state index contributed by atoms with van der Waals surface area (Å²) in [5, 5.41) is 23.3. The molecule has 0 bridgehead atoms. The van der Waals surface area contributed by atoms with Crippen molar-refractivity contribution in [2.45, 2.75) is 194 Å².